The van der Waals surface area contributed by atoms with Crippen LogP contribution in [0.3, 0.4) is 0 Å². The molecule has 0 aromatic heterocycles. The molecule has 198 valence electrons. The number of benzene rings is 2. The van der Waals surface area contributed by atoms with Crippen LogP contribution >= 0.6 is 0 Å². The molecule has 2 aromatic carbocycles. The lowest BCUT2D eigenvalue weighted by Crippen LogP contribution is -2.52. The zero-order valence-electron chi connectivity index (χ0n) is 21.4. The highest BCUT2D eigenvalue weighted by atomic mass is 32.2. The fourth-order valence-electron chi connectivity index (χ4n) is 3.42. The second-order valence-electron chi connectivity index (χ2n) is 8.45. The number of sulfonamides is 1. The molecule has 0 saturated carbocycles. The summed E-state index contributed by atoms with van der Waals surface area (Å²) in [5.41, 5.74) is 0.698. The maximum Gasteiger partial charge on any atom is 0.244 e. The van der Waals surface area contributed by atoms with E-state index in [4.69, 9.17) is 9.47 Å². The summed E-state index contributed by atoms with van der Waals surface area (Å²) in [5, 5.41) is 2.85. The quantitative estimate of drug-likeness (QED) is 0.459. The molecule has 2 aromatic rings. The van der Waals surface area contributed by atoms with E-state index < -0.39 is 34.3 Å². The molecule has 0 aliphatic rings. The summed E-state index contributed by atoms with van der Waals surface area (Å²) in [7, 11) is -1.13. The topological polar surface area (TPSA) is 105 Å². The van der Waals surface area contributed by atoms with Gasteiger partial charge in [0.15, 0.2) is 0 Å². The van der Waals surface area contributed by atoms with Gasteiger partial charge >= 0.3 is 0 Å². The van der Waals surface area contributed by atoms with E-state index in [2.05, 4.69) is 5.32 Å². The summed E-state index contributed by atoms with van der Waals surface area (Å²) < 4.78 is 50.5. The SMILES string of the molecule is CC[C@@H](C)NC(=O)[C@@H](C)N(Cc1ccc(F)cc1)C(=O)CN(c1cc(OC)ccc1OC)S(C)(=O)=O. The lowest BCUT2D eigenvalue weighted by atomic mass is 10.1. The Morgan fingerprint density at radius 1 is 1.06 bits per heavy atom. The van der Waals surface area contributed by atoms with Crippen LogP contribution in [0.4, 0.5) is 10.1 Å². The molecule has 0 bridgehead atoms. The highest BCUT2D eigenvalue weighted by Crippen LogP contribution is 2.34. The Morgan fingerprint density at radius 2 is 1.69 bits per heavy atom. The van der Waals surface area contributed by atoms with Gasteiger partial charge in [0, 0.05) is 18.7 Å². The predicted molar refractivity (Wildman–Crippen MR) is 136 cm³/mol. The van der Waals surface area contributed by atoms with E-state index in [1.165, 1.54) is 55.5 Å². The Kier molecular flexibility index (Phi) is 10.1. The Labute approximate surface area is 212 Å². The van der Waals surface area contributed by atoms with Crippen molar-refractivity contribution in [3.05, 3.63) is 53.8 Å². The first kappa shape index (κ1) is 28.9. The minimum absolute atomic E-state index is 0.0267. The normalized spacial score (nSPS) is 12.9. The van der Waals surface area contributed by atoms with Crippen molar-refractivity contribution in [2.45, 2.75) is 45.8 Å². The molecule has 0 saturated heterocycles. The Hall–Kier alpha value is -3.34. The zero-order chi connectivity index (χ0) is 27.0. The van der Waals surface area contributed by atoms with Gasteiger partial charge in [-0.05, 0) is 50.1 Å². The van der Waals surface area contributed by atoms with Gasteiger partial charge in [-0.15, -0.1) is 0 Å². The highest BCUT2D eigenvalue weighted by Gasteiger charge is 2.31. The van der Waals surface area contributed by atoms with Crippen LogP contribution in [0, 0.1) is 5.82 Å². The first-order valence-corrected chi connectivity index (χ1v) is 13.3. The van der Waals surface area contributed by atoms with Crippen LogP contribution in [0.5, 0.6) is 11.5 Å². The molecule has 9 nitrogen and oxygen atoms in total. The van der Waals surface area contributed by atoms with E-state index in [1.54, 1.807) is 13.0 Å². The first-order valence-electron chi connectivity index (χ1n) is 11.4. The van der Waals surface area contributed by atoms with Crippen molar-refractivity contribution in [2.24, 2.45) is 0 Å². The Balaban J connectivity index is 2.47. The molecule has 2 amide bonds. The molecule has 0 radical (unpaired) electrons. The van der Waals surface area contributed by atoms with Crippen LogP contribution in [-0.2, 0) is 26.2 Å². The monoisotopic (exact) mass is 523 g/mol. The van der Waals surface area contributed by atoms with Gasteiger partial charge in [0.05, 0.1) is 26.2 Å². The third-order valence-electron chi connectivity index (χ3n) is 5.77. The second-order valence-corrected chi connectivity index (χ2v) is 10.4. The number of nitrogens with zero attached hydrogens (tertiary/aromatic N) is 2. The number of ether oxygens (including phenoxy) is 2. The number of rotatable bonds is 12. The van der Waals surface area contributed by atoms with Gasteiger partial charge in [0.25, 0.3) is 0 Å². The smallest absolute Gasteiger partial charge is 0.244 e. The molecule has 11 heteroatoms. The molecular formula is C25H34FN3O6S. The summed E-state index contributed by atoms with van der Waals surface area (Å²) in [6, 6.07) is 9.08. The molecule has 0 unspecified atom stereocenters. The Bertz CT molecular complexity index is 1160. The molecule has 2 atom stereocenters. The van der Waals surface area contributed by atoms with Crippen LogP contribution in [0.2, 0.25) is 0 Å². The van der Waals surface area contributed by atoms with Crippen LogP contribution in [0.1, 0.15) is 32.8 Å². The van der Waals surface area contributed by atoms with Crippen molar-refractivity contribution in [3.63, 3.8) is 0 Å². The van der Waals surface area contributed by atoms with Crippen molar-refractivity contribution >= 4 is 27.5 Å². The summed E-state index contributed by atoms with van der Waals surface area (Å²) in [6.45, 7) is 4.71. The molecule has 2 rings (SSSR count). The number of methoxy groups -OCH3 is 2. The minimum Gasteiger partial charge on any atom is -0.497 e. The largest absolute Gasteiger partial charge is 0.497 e. The lowest BCUT2D eigenvalue weighted by molar-refractivity contribution is -0.139. The number of hydrogen-bond acceptors (Lipinski definition) is 6. The van der Waals surface area contributed by atoms with Crippen LogP contribution in [-0.4, -0.2) is 64.2 Å². The van der Waals surface area contributed by atoms with Gasteiger partial charge < -0.3 is 19.7 Å². The summed E-state index contributed by atoms with van der Waals surface area (Å²) in [6.07, 6.45) is 1.67. The van der Waals surface area contributed by atoms with Crippen molar-refractivity contribution in [1.82, 2.24) is 10.2 Å². The van der Waals surface area contributed by atoms with E-state index in [0.717, 1.165) is 10.6 Å². The van der Waals surface area contributed by atoms with Crippen LogP contribution in [0.15, 0.2) is 42.5 Å². The number of carbonyl (C=O) groups is 2. The second kappa shape index (κ2) is 12.6. The van der Waals surface area contributed by atoms with Crippen molar-refractivity contribution in [1.29, 1.82) is 0 Å². The Morgan fingerprint density at radius 3 is 2.22 bits per heavy atom. The number of anilines is 1. The van der Waals surface area contributed by atoms with E-state index in [9.17, 15) is 22.4 Å². The number of carbonyl (C=O) groups excluding carboxylic acids is 2. The molecule has 0 spiro atoms. The average molecular weight is 524 g/mol. The summed E-state index contributed by atoms with van der Waals surface area (Å²) in [4.78, 5) is 27.8. The zero-order valence-corrected chi connectivity index (χ0v) is 22.3. The van der Waals surface area contributed by atoms with Crippen LogP contribution < -0.4 is 19.1 Å². The third-order valence-corrected chi connectivity index (χ3v) is 6.89. The van der Waals surface area contributed by atoms with Crippen molar-refractivity contribution < 1.29 is 31.9 Å². The van der Waals surface area contributed by atoms with Gasteiger partial charge in [-0.1, -0.05) is 19.1 Å². The average Bonchev–Trinajstić information content (AvgIpc) is 2.85. The maximum absolute atomic E-state index is 13.6. The standard InChI is InChI=1S/C25H34FN3O6S/c1-7-17(2)27-25(31)18(3)28(15-19-8-10-20(26)11-9-19)24(30)16-29(36(6,32)33)22-14-21(34-4)12-13-23(22)35-5/h8-14,17-18H,7,15-16H2,1-6H3,(H,27,31)/t17-,18-/m1/s1. The number of halogens is 1. The van der Waals surface area contributed by atoms with Gasteiger partial charge in [0.1, 0.15) is 29.9 Å². The number of amides is 2. The van der Waals surface area contributed by atoms with Gasteiger partial charge in [-0.25, -0.2) is 12.8 Å². The molecule has 1 N–H and O–H groups in total. The third kappa shape index (κ3) is 7.58. The fraction of sp³-hybridized carbons (Fsp3) is 0.440. The molecule has 0 fully saturated rings. The van der Waals surface area contributed by atoms with Gasteiger partial charge in [-0.3, -0.25) is 13.9 Å². The summed E-state index contributed by atoms with van der Waals surface area (Å²) in [5.74, 6) is -0.850. The van der Waals surface area contributed by atoms with Crippen molar-refractivity contribution in [2.75, 3.05) is 31.3 Å². The highest BCUT2D eigenvalue weighted by molar-refractivity contribution is 7.92. The fourth-order valence-corrected chi connectivity index (χ4v) is 4.27. The van der Waals surface area contributed by atoms with E-state index in [0.29, 0.717) is 17.7 Å². The molecule has 0 heterocycles. The van der Waals surface area contributed by atoms with E-state index >= 15 is 0 Å². The molecule has 0 aliphatic heterocycles. The van der Waals surface area contributed by atoms with Gasteiger partial charge in [-0.2, -0.15) is 0 Å². The number of hydrogen-bond donors (Lipinski definition) is 1. The first-order chi connectivity index (χ1) is 16.9. The number of nitrogens with one attached hydrogen (secondary N) is 1. The van der Waals surface area contributed by atoms with E-state index in [-0.39, 0.29) is 29.9 Å². The van der Waals surface area contributed by atoms with Crippen LogP contribution in [0.25, 0.3) is 0 Å². The summed E-state index contributed by atoms with van der Waals surface area (Å²) >= 11 is 0. The van der Waals surface area contributed by atoms with Crippen molar-refractivity contribution in [3.8, 4) is 11.5 Å². The maximum atomic E-state index is 13.6. The minimum atomic E-state index is -3.95. The molecular weight excluding hydrogens is 489 g/mol. The molecule has 36 heavy (non-hydrogen) atoms. The lowest BCUT2D eigenvalue weighted by Gasteiger charge is -2.32. The van der Waals surface area contributed by atoms with E-state index in [1.807, 2.05) is 13.8 Å². The predicted octanol–water partition coefficient (Wildman–Crippen LogP) is 2.94. The molecule has 0 aliphatic carbocycles. The van der Waals surface area contributed by atoms with Gasteiger partial charge in [0.2, 0.25) is 21.8 Å².